The van der Waals surface area contributed by atoms with Crippen molar-refractivity contribution in [3.05, 3.63) is 57.4 Å². The van der Waals surface area contributed by atoms with E-state index in [1.807, 2.05) is 13.8 Å². The predicted molar refractivity (Wildman–Crippen MR) is 71.9 cm³/mol. The van der Waals surface area contributed by atoms with Gasteiger partial charge in [-0.1, -0.05) is 38.2 Å². The van der Waals surface area contributed by atoms with Gasteiger partial charge in [-0.2, -0.15) is 0 Å². The van der Waals surface area contributed by atoms with Gasteiger partial charge in [-0.05, 0) is 19.2 Å². The molecule has 0 saturated carbocycles. The number of rotatable bonds is 2. The van der Waals surface area contributed by atoms with E-state index in [2.05, 4.69) is 0 Å². The number of aromatic nitrogens is 2. The molecule has 2 aromatic rings. The molecule has 0 saturated heterocycles. The summed E-state index contributed by atoms with van der Waals surface area (Å²) in [7, 11) is -2.79. The molecule has 1 radical (unpaired) electrons. The Hall–Kier alpha value is -0.916. The van der Waals surface area contributed by atoms with E-state index < -0.39 is 21.3 Å². The maximum Gasteiger partial charge on any atom is 0.258 e. The fraction of sp³-hybridized carbons (Fsp3) is 0.250. The monoisotopic (exact) mass is 372 g/mol. The molecule has 6 nitrogen and oxygen atoms in total. The molecule has 0 unspecified atom stereocenters. The fourth-order valence-electron chi connectivity index (χ4n) is 1.43. The van der Waals surface area contributed by atoms with Crippen LogP contribution in [0.4, 0.5) is 0 Å². The summed E-state index contributed by atoms with van der Waals surface area (Å²) in [6, 6.07) is 7.34. The molecule has 8 heteroatoms. The first kappa shape index (κ1) is 19.1. The molecule has 0 aliphatic heterocycles. The second-order valence-electron chi connectivity index (χ2n) is 3.44. The summed E-state index contributed by atoms with van der Waals surface area (Å²) in [5, 5.41) is 0. The Bertz CT molecular complexity index is 757. The molecule has 0 amide bonds. The summed E-state index contributed by atoms with van der Waals surface area (Å²) in [4.78, 5) is 22.9. The van der Waals surface area contributed by atoms with Gasteiger partial charge in [0.05, 0.1) is 4.90 Å². The summed E-state index contributed by atoms with van der Waals surface area (Å²) in [5.74, 6) is 0. The number of hydrogen-bond acceptors (Lipinski definition) is 4. The Balaban J connectivity index is 0.00000115. The third-order valence-corrected chi connectivity index (χ3v) is 3.95. The molecule has 1 heterocycles. The molecule has 107 valence electrons. The van der Waals surface area contributed by atoms with Crippen molar-refractivity contribution in [3.8, 4) is 0 Å². The Morgan fingerprint density at radius 3 is 1.95 bits per heavy atom. The normalized spacial score (nSPS) is 10.2. The zero-order chi connectivity index (χ0) is 14.6. The first-order chi connectivity index (χ1) is 8.94. The molecular formula is C12H15N2O4SY-. The van der Waals surface area contributed by atoms with Crippen LogP contribution >= 0.6 is 0 Å². The van der Waals surface area contributed by atoms with Crippen molar-refractivity contribution < 1.29 is 41.1 Å². The second-order valence-corrected chi connectivity index (χ2v) is 5.23. The van der Waals surface area contributed by atoms with Crippen LogP contribution in [-0.2, 0) is 49.8 Å². The first-order valence-corrected chi connectivity index (χ1v) is 7.14. The molecule has 0 aliphatic rings. The topological polar surface area (TPSA) is 78.1 Å². The Labute approximate surface area is 142 Å². The second kappa shape index (κ2) is 7.76. The Morgan fingerprint density at radius 1 is 1.05 bits per heavy atom. The number of imidazole rings is 1. The van der Waals surface area contributed by atoms with Crippen molar-refractivity contribution >= 4 is 10.0 Å². The zero-order valence-electron chi connectivity index (χ0n) is 11.5. The first-order valence-electron chi connectivity index (χ1n) is 5.70. The number of hydrogen-bond donors (Lipinski definition) is 0. The largest absolute Gasteiger partial charge is 0.454 e. The third-order valence-electron chi connectivity index (χ3n) is 2.26. The van der Waals surface area contributed by atoms with Gasteiger partial charge in [0.15, 0.2) is 11.2 Å². The summed E-state index contributed by atoms with van der Waals surface area (Å²) in [6.45, 7) is 4.00. The average molecular weight is 372 g/mol. The van der Waals surface area contributed by atoms with Gasteiger partial charge < -0.3 is 9.36 Å². The molecule has 0 fully saturated rings. The Kier molecular flexibility index (Phi) is 7.40. The molecule has 0 spiro atoms. The molecule has 0 bridgehead atoms. The standard InChI is InChI=1S/C10H9N2O4S.C2H6.Y/c1-11-7-9(13)12(10(11)14)17(15,16)8-5-3-2-4-6-8;1-2;/h2-7H,1H3;1-2H3;/q-1;;. The van der Waals surface area contributed by atoms with Crippen molar-refractivity contribution in [2.24, 2.45) is 7.05 Å². The van der Waals surface area contributed by atoms with Crippen molar-refractivity contribution in [2.45, 2.75) is 18.7 Å². The number of nitrogens with zero attached hydrogens (tertiary/aromatic N) is 2. The van der Waals surface area contributed by atoms with Gasteiger partial charge in [-0.25, -0.2) is 12.4 Å². The van der Waals surface area contributed by atoms with Crippen molar-refractivity contribution in [3.63, 3.8) is 0 Å². The molecular weight excluding hydrogens is 357 g/mol. The molecule has 20 heavy (non-hydrogen) atoms. The van der Waals surface area contributed by atoms with E-state index in [1.165, 1.54) is 31.3 Å². The molecule has 0 N–H and O–H groups in total. The fourth-order valence-corrected chi connectivity index (χ4v) is 2.76. The smallest absolute Gasteiger partial charge is 0.258 e. The summed E-state index contributed by atoms with van der Waals surface area (Å²) >= 11 is 0. The predicted octanol–water partition coefficient (Wildman–Crippen LogP) is 0.527. The minimum absolute atomic E-state index is 0. The van der Waals surface area contributed by atoms with Crippen LogP contribution in [0.15, 0.2) is 51.0 Å². The third kappa shape index (κ3) is 3.59. The molecule has 1 aromatic carbocycles. The van der Waals surface area contributed by atoms with E-state index in [0.29, 0.717) is 0 Å². The van der Waals surface area contributed by atoms with Crippen molar-refractivity contribution in [1.82, 2.24) is 8.54 Å². The average Bonchev–Trinajstić information content (AvgIpc) is 2.67. The molecule has 0 aliphatic carbocycles. The van der Waals surface area contributed by atoms with Crippen LogP contribution in [0, 0.1) is 0 Å². The maximum atomic E-state index is 12.0. The molecule has 2 rings (SSSR count). The minimum atomic E-state index is -4.11. The number of aryl methyl sites for hydroxylation is 1. The van der Waals surface area contributed by atoms with Crippen molar-refractivity contribution in [1.29, 1.82) is 0 Å². The quantitative estimate of drug-likeness (QED) is 0.721. The van der Waals surface area contributed by atoms with Crippen LogP contribution < -0.4 is 11.2 Å². The van der Waals surface area contributed by atoms with Crippen LogP contribution in [0.25, 0.3) is 0 Å². The maximum absolute atomic E-state index is 12.0. The van der Waals surface area contributed by atoms with Gasteiger partial charge in [0.1, 0.15) is 0 Å². The van der Waals surface area contributed by atoms with E-state index in [1.54, 1.807) is 6.07 Å². The molecule has 0 atom stereocenters. The summed E-state index contributed by atoms with van der Waals surface area (Å²) in [6.07, 6.45) is 0.933. The van der Waals surface area contributed by atoms with Crippen LogP contribution in [0.5, 0.6) is 0 Å². The SMILES string of the molecule is CC.Cn1[cH-]c(=O)n(S(=O)(=O)c2ccccc2)c1=O.[Y]. The van der Waals surface area contributed by atoms with Gasteiger partial charge in [0, 0.05) is 32.7 Å². The Morgan fingerprint density at radius 2 is 1.55 bits per heavy atom. The van der Waals surface area contributed by atoms with E-state index in [-0.39, 0.29) is 41.6 Å². The minimum Gasteiger partial charge on any atom is -0.454 e. The van der Waals surface area contributed by atoms with Crippen LogP contribution in [0.3, 0.4) is 0 Å². The van der Waals surface area contributed by atoms with Crippen LogP contribution in [0.2, 0.25) is 0 Å². The summed E-state index contributed by atoms with van der Waals surface area (Å²) in [5.41, 5.74) is -1.74. The van der Waals surface area contributed by atoms with Gasteiger partial charge in [-0.3, -0.25) is 4.79 Å². The van der Waals surface area contributed by atoms with Crippen LogP contribution in [-0.4, -0.2) is 17.0 Å². The molecule has 1 aromatic heterocycles. The van der Waals surface area contributed by atoms with E-state index in [0.717, 1.165) is 10.8 Å². The van der Waals surface area contributed by atoms with E-state index >= 15 is 0 Å². The zero-order valence-corrected chi connectivity index (χ0v) is 15.1. The van der Waals surface area contributed by atoms with Crippen molar-refractivity contribution in [2.75, 3.05) is 0 Å². The van der Waals surface area contributed by atoms with Gasteiger partial charge in [-0.15, -0.1) is 0 Å². The van der Waals surface area contributed by atoms with E-state index in [4.69, 9.17) is 0 Å². The van der Waals surface area contributed by atoms with Gasteiger partial charge in [0.25, 0.3) is 10.0 Å². The number of benzene rings is 1. The van der Waals surface area contributed by atoms with Crippen LogP contribution in [0.1, 0.15) is 13.8 Å². The summed E-state index contributed by atoms with van der Waals surface area (Å²) < 4.78 is 25.3. The van der Waals surface area contributed by atoms with Gasteiger partial charge in [0.2, 0.25) is 0 Å². The van der Waals surface area contributed by atoms with Gasteiger partial charge >= 0.3 is 0 Å². The van der Waals surface area contributed by atoms with E-state index in [9.17, 15) is 18.0 Å².